The van der Waals surface area contributed by atoms with Crippen LogP contribution in [0.4, 0.5) is 5.69 Å². The Morgan fingerprint density at radius 1 is 1.48 bits per heavy atom. The van der Waals surface area contributed by atoms with Gasteiger partial charge in [-0.25, -0.2) is 4.68 Å². The highest BCUT2D eigenvalue weighted by Gasteiger charge is 2.25. The van der Waals surface area contributed by atoms with Gasteiger partial charge < -0.3 is 5.73 Å². The molecule has 6 heteroatoms. The van der Waals surface area contributed by atoms with Crippen LogP contribution in [0.2, 0.25) is 0 Å². The van der Waals surface area contributed by atoms with Crippen LogP contribution in [0, 0.1) is 5.92 Å². The quantitative estimate of drug-likeness (QED) is 0.859. The van der Waals surface area contributed by atoms with Gasteiger partial charge in [-0.15, -0.1) is 0 Å². The number of hydrogen-bond donors (Lipinski definition) is 1. The average Bonchev–Trinajstić information content (AvgIpc) is 3.28. The summed E-state index contributed by atoms with van der Waals surface area (Å²) in [6.45, 7) is 1.94. The van der Waals surface area contributed by atoms with Gasteiger partial charge in [0.1, 0.15) is 11.4 Å². The van der Waals surface area contributed by atoms with Gasteiger partial charge >= 0.3 is 0 Å². The van der Waals surface area contributed by atoms with E-state index in [-0.39, 0.29) is 22.6 Å². The summed E-state index contributed by atoms with van der Waals surface area (Å²) in [5, 5.41) is 4.37. The normalized spacial score (nSPS) is 14.1. The number of ketones is 1. The van der Waals surface area contributed by atoms with Gasteiger partial charge in [0.2, 0.25) is 0 Å². The minimum atomic E-state index is -0.389. The lowest BCUT2D eigenvalue weighted by Gasteiger charge is -2.12. The summed E-state index contributed by atoms with van der Waals surface area (Å²) in [6, 6.07) is 3.56. The molecule has 1 fully saturated rings. The molecule has 0 aliphatic heterocycles. The van der Waals surface area contributed by atoms with Crippen LogP contribution in [0.1, 0.15) is 30.1 Å². The van der Waals surface area contributed by atoms with E-state index >= 15 is 0 Å². The monoisotopic (exact) mass is 284 g/mol. The zero-order valence-corrected chi connectivity index (χ0v) is 11.7. The Balaban J connectivity index is 2.22. The lowest BCUT2D eigenvalue weighted by atomic mass is 10.0. The first-order valence-electron chi connectivity index (χ1n) is 6.90. The van der Waals surface area contributed by atoms with Gasteiger partial charge in [-0.1, -0.05) is 0 Å². The van der Waals surface area contributed by atoms with E-state index in [9.17, 15) is 9.59 Å². The topological polar surface area (TPSA) is 90.9 Å². The predicted molar refractivity (Wildman–Crippen MR) is 78.9 cm³/mol. The first-order chi connectivity index (χ1) is 10.1. The van der Waals surface area contributed by atoms with E-state index in [0.717, 1.165) is 12.8 Å². The number of nitrogens with zero attached hydrogens (tertiary/aromatic N) is 3. The summed E-state index contributed by atoms with van der Waals surface area (Å²) in [7, 11) is 0. The molecule has 1 aliphatic carbocycles. The van der Waals surface area contributed by atoms with E-state index in [1.54, 1.807) is 24.5 Å². The Kier molecular flexibility index (Phi) is 3.29. The Labute approximate surface area is 121 Å². The van der Waals surface area contributed by atoms with Crippen molar-refractivity contribution in [3.8, 4) is 11.3 Å². The number of rotatable bonds is 4. The summed E-state index contributed by atoms with van der Waals surface area (Å²) in [5.74, 6) is 0.217. The van der Waals surface area contributed by atoms with Crippen LogP contribution in [0.5, 0.6) is 0 Å². The minimum Gasteiger partial charge on any atom is -0.394 e. The number of nitrogen functional groups attached to an aromatic ring is 1. The molecule has 2 aromatic rings. The maximum atomic E-state index is 12.2. The third-order valence-electron chi connectivity index (χ3n) is 3.61. The van der Waals surface area contributed by atoms with E-state index in [4.69, 9.17) is 5.73 Å². The van der Waals surface area contributed by atoms with Crippen LogP contribution in [-0.2, 0) is 6.54 Å². The maximum absolute atomic E-state index is 12.2. The highest BCUT2D eigenvalue weighted by Crippen LogP contribution is 2.30. The number of aromatic nitrogens is 3. The highest BCUT2D eigenvalue weighted by atomic mass is 16.1. The fourth-order valence-electron chi connectivity index (χ4n) is 2.32. The van der Waals surface area contributed by atoms with E-state index in [0.29, 0.717) is 23.7 Å². The Morgan fingerprint density at radius 3 is 2.81 bits per heavy atom. The number of nitrogens with two attached hydrogens (primary N) is 1. The van der Waals surface area contributed by atoms with Crippen molar-refractivity contribution in [2.75, 3.05) is 5.73 Å². The number of anilines is 1. The second-order valence-electron chi connectivity index (χ2n) is 5.37. The van der Waals surface area contributed by atoms with Gasteiger partial charge in [-0.3, -0.25) is 14.6 Å². The van der Waals surface area contributed by atoms with Gasteiger partial charge in [0.15, 0.2) is 5.78 Å². The number of pyridine rings is 1. The van der Waals surface area contributed by atoms with Crippen LogP contribution in [-0.4, -0.2) is 20.5 Å². The van der Waals surface area contributed by atoms with Crippen molar-refractivity contribution < 1.29 is 4.79 Å². The van der Waals surface area contributed by atoms with E-state index < -0.39 is 0 Å². The van der Waals surface area contributed by atoms with Crippen LogP contribution in [0.3, 0.4) is 0 Å². The molecule has 0 saturated heterocycles. The molecule has 2 aromatic heterocycles. The molecule has 21 heavy (non-hydrogen) atoms. The van der Waals surface area contributed by atoms with Crippen molar-refractivity contribution in [1.82, 2.24) is 14.8 Å². The molecule has 0 unspecified atom stereocenters. The maximum Gasteiger partial charge on any atom is 0.290 e. The van der Waals surface area contributed by atoms with Crippen molar-refractivity contribution in [2.24, 2.45) is 5.92 Å². The second-order valence-corrected chi connectivity index (χ2v) is 5.37. The first kappa shape index (κ1) is 13.5. The second kappa shape index (κ2) is 5.12. The van der Waals surface area contributed by atoms with Crippen molar-refractivity contribution in [3.05, 3.63) is 40.4 Å². The molecule has 0 bridgehead atoms. The van der Waals surface area contributed by atoms with E-state index in [1.165, 1.54) is 11.6 Å². The van der Waals surface area contributed by atoms with Crippen molar-refractivity contribution in [1.29, 1.82) is 0 Å². The molecule has 2 N–H and O–H groups in total. The fraction of sp³-hybridized carbons (Fsp3) is 0.333. The molecule has 0 amide bonds. The molecular weight excluding hydrogens is 268 g/mol. The van der Waals surface area contributed by atoms with Crippen LogP contribution in [0.25, 0.3) is 11.3 Å². The SMILES string of the molecule is CC(=O)c1c(-c2cccnc2)nn(CC2CC2)c(=O)c1N. The summed E-state index contributed by atoms with van der Waals surface area (Å²) in [5.41, 5.74) is 6.77. The van der Waals surface area contributed by atoms with Gasteiger partial charge in [0.05, 0.1) is 5.56 Å². The third kappa shape index (κ3) is 2.56. The van der Waals surface area contributed by atoms with Gasteiger partial charge in [-0.05, 0) is 37.8 Å². The Hall–Kier alpha value is -2.50. The highest BCUT2D eigenvalue weighted by molar-refractivity contribution is 6.04. The van der Waals surface area contributed by atoms with E-state index in [2.05, 4.69) is 10.1 Å². The summed E-state index contributed by atoms with van der Waals surface area (Å²) < 4.78 is 1.38. The van der Waals surface area contributed by atoms with Gasteiger partial charge in [0, 0.05) is 24.5 Å². The zero-order chi connectivity index (χ0) is 15.0. The van der Waals surface area contributed by atoms with Crippen LogP contribution >= 0.6 is 0 Å². The molecule has 2 heterocycles. The largest absolute Gasteiger partial charge is 0.394 e. The molecule has 6 nitrogen and oxygen atoms in total. The summed E-state index contributed by atoms with van der Waals surface area (Å²) in [6.07, 6.45) is 5.45. The molecule has 0 atom stereocenters. The molecular formula is C15H16N4O2. The van der Waals surface area contributed by atoms with Crippen molar-refractivity contribution in [3.63, 3.8) is 0 Å². The van der Waals surface area contributed by atoms with Crippen LogP contribution in [0.15, 0.2) is 29.3 Å². The number of carbonyl (C=O) groups excluding carboxylic acids is 1. The lowest BCUT2D eigenvalue weighted by molar-refractivity contribution is 0.101. The predicted octanol–water partition coefficient (Wildman–Crippen LogP) is 1.50. The molecule has 0 spiro atoms. The molecule has 3 rings (SSSR count). The molecule has 0 radical (unpaired) electrons. The lowest BCUT2D eigenvalue weighted by Crippen LogP contribution is -2.29. The number of Topliss-reactive ketones (excluding diaryl/α,β-unsaturated/α-hetero) is 1. The molecule has 1 aliphatic rings. The van der Waals surface area contributed by atoms with Crippen molar-refractivity contribution in [2.45, 2.75) is 26.3 Å². The summed E-state index contributed by atoms with van der Waals surface area (Å²) >= 11 is 0. The molecule has 0 aromatic carbocycles. The van der Waals surface area contributed by atoms with Gasteiger partial charge in [0.25, 0.3) is 5.56 Å². The standard InChI is InChI=1S/C15H16N4O2/c1-9(20)12-13(16)15(21)19(8-10-4-5-10)18-14(12)11-3-2-6-17-7-11/h2-3,6-7,10H,4-5,8,16H2,1H3. The van der Waals surface area contributed by atoms with Crippen LogP contribution < -0.4 is 11.3 Å². The first-order valence-corrected chi connectivity index (χ1v) is 6.90. The molecule has 1 saturated carbocycles. The third-order valence-corrected chi connectivity index (χ3v) is 3.61. The van der Waals surface area contributed by atoms with Crippen molar-refractivity contribution >= 4 is 11.5 Å². The number of hydrogen-bond acceptors (Lipinski definition) is 5. The Morgan fingerprint density at radius 2 is 2.24 bits per heavy atom. The zero-order valence-electron chi connectivity index (χ0n) is 11.7. The minimum absolute atomic E-state index is 0.0306. The Bertz CT molecular complexity index is 748. The fourth-order valence-corrected chi connectivity index (χ4v) is 2.32. The summed E-state index contributed by atoms with van der Waals surface area (Å²) in [4.78, 5) is 28.2. The van der Waals surface area contributed by atoms with E-state index in [1.807, 2.05) is 0 Å². The molecule has 108 valence electrons. The number of carbonyl (C=O) groups is 1. The smallest absolute Gasteiger partial charge is 0.290 e. The average molecular weight is 284 g/mol. The van der Waals surface area contributed by atoms with Gasteiger partial charge in [-0.2, -0.15) is 5.10 Å².